The Morgan fingerprint density at radius 2 is 1.26 bits per heavy atom. The van der Waals surface area contributed by atoms with Crippen LogP contribution in [0.3, 0.4) is 0 Å². The van der Waals surface area contributed by atoms with Crippen molar-refractivity contribution in [2.45, 2.75) is 64.0 Å². The molecule has 0 heterocycles. The van der Waals surface area contributed by atoms with Gasteiger partial charge in [0.1, 0.15) is 0 Å². The molecule has 114 valence electrons. The van der Waals surface area contributed by atoms with E-state index < -0.39 is 12.1 Å². The van der Waals surface area contributed by atoms with Crippen LogP contribution in [0, 0.1) is 0 Å². The third kappa shape index (κ3) is 12.4. The Labute approximate surface area is 118 Å². The monoisotopic (exact) mass is 300 g/mol. The molecule has 0 radical (unpaired) electrons. The van der Waals surface area contributed by atoms with Crippen LogP contribution in [0.1, 0.15) is 57.8 Å². The number of carbonyl (C=O) groups excluding carboxylic acids is 1. The first-order valence-electron chi connectivity index (χ1n) is 6.83. The van der Waals surface area contributed by atoms with Gasteiger partial charge < -0.3 is 4.74 Å². The van der Waals surface area contributed by atoms with Crippen molar-refractivity contribution in [1.82, 2.24) is 0 Å². The lowest BCUT2D eigenvalue weighted by Gasteiger charge is -2.06. The van der Waals surface area contributed by atoms with E-state index in [1.54, 1.807) is 0 Å². The summed E-state index contributed by atoms with van der Waals surface area (Å²) in [5.74, 6) is -1.15. The molecule has 0 fully saturated rings. The number of esters is 1. The fourth-order valence-corrected chi connectivity index (χ4v) is 1.92. The molecule has 0 saturated heterocycles. The average molecular weight is 300 g/mol. The molecule has 0 spiro atoms. The number of carbonyl (C=O) groups is 1. The number of rotatable bonds is 11. The van der Waals surface area contributed by atoms with Gasteiger partial charge in [0.25, 0.3) is 0 Å². The lowest BCUT2D eigenvalue weighted by atomic mass is 10.1. The Morgan fingerprint density at radius 1 is 0.842 bits per heavy atom. The Hall–Kier alpha value is -0.390. The van der Waals surface area contributed by atoms with Crippen molar-refractivity contribution in [2.24, 2.45) is 0 Å². The van der Waals surface area contributed by atoms with E-state index in [2.05, 4.69) is 17.4 Å². The van der Waals surface area contributed by atoms with Crippen LogP contribution in [0.25, 0.3) is 0 Å². The standard InChI is InChI=1S/C13H23F3O2S/c14-13(15,16)12(17)18-10-8-6-4-2-1-3-5-7-9-11-19/h19H,1-11H2. The lowest BCUT2D eigenvalue weighted by molar-refractivity contribution is -0.199. The van der Waals surface area contributed by atoms with E-state index in [9.17, 15) is 18.0 Å². The Morgan fingerprint density at radius 3 is 1.68 bits per heavy atom. The van der Waals surface area contributed by atoms with Crippen LogP contribution < -0.4 is 0 Å². The largest absolute Gasteiger partial charge is 0.490 e. The van der Waals surface area contributed by atoms with Gasteiger partial charge in [-0.3, -0.25) is 0 Å². The predicted molar refractivity (Wildman–Crippen MR) is 72.4 cm³/mol. The third-order valence-electron chi connectivity index (χ3n) is 2.77. The second-order valence-electron chi connectivity index (χ2n) is 4.54. The Kier molecular flexibility index (Phi) is 11.2. The minimum atomic E-state index is -4.87. The van der Waals surface area contributed by atoms with Crippen LogP contribution in [-0.2, 0) is 9.53 Å². The smallest absolute Gasteiger partial charge is 0.459 e. The summed E-state index contributed by atoms with van der Waals surface area (Å²) < 4.78 is 39.4. The number of alkyl halides is 3. The van der Waals surface area contributed by atoms with Crippen LogP contribution in [-0.4, -0.2) is 24.5 Å². The normalized spacial score (nSPS) is 11.6. The molecule has 0 aliphatic heterocycles. The summed E-state index contributed by atoms with van der Waals surface area (Å²) in [5.41, 5.74) is 0. The van der Waals surface area contributed by atoms with Gasteiger partial charge in [0.15, 0.2) is 0 Å². The summed E-state index contributed by atoms with van der Waals surface area (Å²) in [6.45, 7) is -0.139. The fourth-order valence-electron chi connectivity index (χ4n) is 1.70. The van der Waals surface area contributed by atoms with Crippen LogP contribution in [0.2, 0.25) is 0 Å². The maximum absolute atomic E-state index is 11.8. The topological polar surface area (TPSA) is 26.3 Å². The van der Waals surface area contributed by atoms with Gasteiger partial charge in [-0.2, -0.15) is 25.8 Å². The number of ether oxygens (including phenoxy) is 1. The summed E-state index contributed by atoms with van der Waals surface area (Å²) in [4.78, 5) is 10.4. The second kappa shape index (κ2) is 11.4. The van der Waals surface area contributed by atoms with Gasteiger partial charge in [-0.15, -0.1) is 0 Å². The summed E-state index contributed by atoms with van der Waals surface area (Å²) in [7, 11) is 0. The van der Waals surface area contributed by atoms with Crippen LogP contribution in [0.5, 0.6) is 0 Å². The van der Waals surface area contributed by atoms with Gasteiger partial charge in [0.2, 0.25) is 0 Å². The van der Waals surface area contributed by atoms with E-state index in [-0.39, 0.29) is 6.61 Å². The van der Waals surface area contributed by atoms with E-state index in [0.717, 1.165) is 37.9 Å². The Bertz CT molecular complexity index is 232. The van der Waals surface area contributed by atoms with Crippen molar-refractivity contribution >= 4 is 18.6 Å². The van der Waals surface area contributed by atoms with Gasteiger partial charge >= 0.3 is 12.1 Å². The maximum atomic E-state index is 11.8. The highest BCUT2D eigenvalue weighted by atomic mass is 32.1. The van der Waals surface area contributed by atoms with Gasteiger partial charge in [0.05, 0.1) is 6.61 Å². The molecule has 0 saturated carbocycles. The van der Waals surface area contributed by atoms with Crippen LogP contribution >= 0.6 is 12.6 Å². The molecule has 0 aliphatic carbocycles. The zero-order chi connectivity index (χ0) is 14.6. The van der Waals surface area contributed by atoms with E-state index in [4.69, 9.17) is 0 Å². The van der Waals surface area contributed by atoms with Gasteiger partial charge in [-0.05, 0) is 18.6 Å². The molecule has 6 heteroatoms. The van der Waals surface area contributed by atoms with Crippen molar-refractivity contribution in [1.29, 1.82) is 0 Å². The number of halogens is 3. The van der Waals surface area contributed by atoms with E-state index in [1.807, 2.05) is 0 Å². The van der Waals surface area contributed by atoms with Crippen molar-refractivity contribution in [3.05, 3.63) is 0 Å². The van der Waals surface area contributed by atoms with Gasteiger partial charge in [0, 0.05) is 0 Å². The average Bonchev–Trinajstić information content (AvgIpc) is 2.34. The SMILES string of the molecule is O=C(OCCCCCCCCCCCS)C(F)(F)F. The third-order valence-corrected chi connectivity index (χ3v) is 3.08. The molecule has 19 heavy (non-hydrogen) atoms. The highest BCUT2D eigenvalue weighted by Crippen LogP contribution is 2.17. The number of thiol groups is 1. The van der Waals surface area contributed by atoms with Crippen molar-refractivity contribution in [2.75, 3.05) is 12.4 Å². The highest BCUT2D eigenvalue weighted by Gasteiger charge is 2.40. The van der Waals surface area contributed by atoms with Crippen molar-refractivity contribution < 1.29 is 22.7 Å². The molecule has 0 amide bonds. The van der Waals surface area contributed by atoms with E-state index in [0.29, 0.717) is 6.42 Å². The molecule has 0 bridgehead atoms. The molecule has 0 aromatic heterocycles. The summed E-state index contributed by atoms with van der Waals surface area (Å²) >= 11 is 4.14. The quantitative estimate of drug-likeness (QED) is 0.344. The first-order valence-corrected chi connectivity index (χ1v) is 7.46. The van der Waals surface area contributed by atoms with E-state index in [1.165, 1.54) is 19.3 Å². The predicted octanol–water partition coefficient (Wildman–Crippen LogP) is 4.53. The number of unbranched alkanes of at least 4 members (excludes halogenated alkanes) is 8. The molecular weight excluding hydrogens is 277 g/mol. The number of hydrogen-bond acceptors (Lipinski definition) is 3. The molecule has 0 rings (SSSR count). The molecule has 2 nitrogen and oxygen atoms in total. The molecule has 0 aromatic carbocycles. The molecule has 0 aromatic rings. The molecule has 0 atom stereocenters. The summed E-state index contributed by atoms with van der Waals surface area (Å²) in [5, 5.41) is 0. The molecule has 0 aliphatic rings. The van der Waals surface area contributed by atoms with Crippen LogP contribution in [0.4, 0.5) is 13.2 Å². The fraction of sp³-hybridized carbons (Fsp3) is 0.923. The second-order valence-corrected chi connectivity index (χ2v) is 4.99. The zero-order valence-corrected chi connectivity index (χ0v) is 12.1. The van der Waals surface area contributed by atoms with Crippen LogP contribution in [0.15, 0.2) is 0 Å². The molecule has 0 N–H and O–H groups in total. The first kappa shape index (κ1) is 18.6. The van der Waals surface area contributed by atoms with Gasteiger partial charge in [-0.1, -0.05) is 44.9 Å². The highest BCUT2D eigenvalue weighted by molar-refractivity contribution is 7.80. The molecule has 0 unspecified atom stereocenters. The zero-order valence-electron chi connectivity index (χ0n) is 11.2. The maximum Gasteiger partial charge on any atom is 0.490 e. The minimum absolute atomic E-state index is 0.139. The summed E-state index contributed by atoms with van der Waals surface area (Å²) in [6, 6.07) is 0. The first-order chi connectivity index (χ1) is 8.98. The van der Waals surface area contributed by atoms with Gasteiger partial charge in [-0.25, -0.2) is 4.79 Å². The van der Waals surface area contributed by atoms with E-state index >= 15 is 0 Å². The number of hydrogen-bond donors (Lipinski definition) is 1. The van der Waals surface area contributed by atoms with Crippen molar-refractivity contribution in [3.8, 4) is 0 Å². The minimum Gasteiger partial charge on any atom is -0.459 e. The van der Waals surface area contributed by atoms with Crippen molar-refractivity contribution in [3.63, 3.8) is 0 Å². The Balaban J connectivity index is 3.17. The molecular formula is C13H23F3O2S. The summed E-state index contributed by atoms with van der Waals surface area (Å²) in [6.07, 6.45) is 4.49. The lowest BCUT2D eigenvalue weighted by Crippen LogP contribution is -2.25.